The summed E-state index contributed by atoms with van der Waals surface area (Å²) in [4.78, 5) is 14.4. The summed E-state index contributed by atoms with van der Waals surface area (Å²) in [6, 6.07) is 5.12. The van der Waals surface area contributed by atoms with E-state index in [4.69, 9.17) is 17.3 Å². The lowest BCUT2D eigenvalue weighted by Crippen LogP contribution is -2.39. The molecule has 1 aromatic carbocycles. The Bertz CT molecular complexity index is 1160. The molecule has 0 atom stereocenters. The zero-order valence-electron chi connectivity index (χ0n) is 17.3. The zero-order chi connectivity index (χ0) is 23.8. The van der Waals surface area contributed by atoms with Gasteiger partial charge in [0.05, 0.1) is 17.3 Å². The summed E-state index contributed by atoms with van der Waals surface area (Å²) in [6.07, 6.45) is -3.26. The number of nitrogen functional groups attached to an aromatic ring is 1. The van der Waals surface area contributed by atoms with E-state index < -0.39 is 17.7 Å². The third kappa shape index (κ3) is 5.52. The van der Waals surface area contributed by atoms with E-state index in [1.165, 1.54) is 12.3 Å². The van der Waals surface area contributed by atoms with Gasteiger partial charge in [-0.3, -0.25) is 0 Å². The van der Waals surface area contributed by atoms with Crippen LogP contribution in [-0.4, -0.2) is 40.5 Å². The summed E-state index contributed by atoms with van der Waals surface area (Å²) in [7, 11) is 0. The largest absolute Gasteiger partial charge is 0.416 e. The van der Waals surface area contributed by atoms with Crippen LogP contribution in [0, 0.1) is 0 Å². The quantitative estimate of drug-likeness (QED) is 0.294. The maximum atomic E-state index is 13.5. The van der Waals surface area contributed by atoms with E-state index in [0.717, 1.165) is 12.1 Å². The Morgan fingerprint density at radius 2 is 1.82 bits per heavy atom. The van der Waals surface area contributed by atoms with Crippen LogP contribution in [-0.2, 0) is 12.6 Å². The second-order valence-corrected chi connectivity index (χ2v) is 8.22. The summed E-state index contributed by atoms with van der Waals surface area (Å²) < 4.78 is 66.1. The molecule has 1 aliphatic heterocycles. The molecular weight excluding hydrogens is 467 g/mol. The fraction of sp³-hybridized carbons (Fsp3) is 0.381. The van der Waals surface area contributed by atoms with Crippen LogP contribution in [0.1, 0.15) is 24.0 Å². The number of hydrogen-bond acceptors (Lipinski definition) is 6. The molecule has 0 spiro atoms. The Kier molecular flexibility index (Phi) is 6.17. The van der Waals surface area contributed by atoms with Gasteiger partial charge in [-0.2, -0.15) is 13.2 Å². The third-order valence-electron chi connectivity index (χ3n) is 5.41. The van der Waals surface area contributed by atoms with Gasteiger partial charge in [0.1, 0.15) is 11.6 Å². The van der Waals surface area contributed by atoms with Crippen LogP contribution >= 0.6 is 11.6 Å². The predicted molar refractivity (Wildman–Crippen MR) is 117 cm³/mol. The first kappa shape index (κ1) is 23.2. The monoisotopic (exact) mass is 486 g/mol. The Labute approximate surface area is 191 Å². The number of rotatable bonds is 5. The molecule has 0 unspecified atom stereocenters. The minimum absolute atomic E-state index is 0.0261. The van der Waals surface area contributed by atoms with Gasteiger partial charge in [-0.1, -0.05) is 0 Å². The summed E-state index contributed by atoms with van der Waals surface area (Å²) >= 11 is 6.01. The van der Waals surface area contributed by atoms with Gasteiger partial charge in [0.2, 0.25) is 5.28 Å². The van der Waals surface area contributed by atoms with E-state index in [0.29, 0.717) is 28.1 Å². The Morgan fingerprint density at radius 1 is 1.09 bits per heavy atom. The number of halogens is 6. The van der Waals surface area contributed by atoms with Gasteiger partial charge >= 0.3 is 6.18 Å². The van der Waals surface area contributed by atoms with Crippen LogP contribution in [0.4, 0.5) is 39.3 Å². The van der Waals surface area contributed by atoms with E-state index in [1.54, 1.807) is 11.0 Å². The van der Waals surface area contributed by atoms with Gasteiger partial charge in [0.15, 0.2) is 0 Å². The number of alkyl halides is 5. The van der Waals surface area contributed by atoms with E-state index in [1.807, 2.05) is 0 Å². The SMILES string of the molecule is Nc1cc(CCNc2nc(Cl)nc3cnc(N4CCC(F)(F)CC4)cc23)cc(C(F)(F)F)c1. The van der Waals surface area contributed by atoms with Crippen LogP contribution in [0.2, 0.25) is 5.28 Å². The third-order valence-corrected chi connectivity index (χ3v) is 5.58. The zero-order valence-corrected chi connectivity index (χ0v) is 18.0. The van der Waals surface area contributed by atoms with Gasteiger partial charge in [-0.15, -0.1) is 0 Å². The molecule has 0 aliphatic carbocycles. The number of nitrogens with two attached hydrogens (primary N) is 1. The lowest BCUT2D eigenvalue weighted by molar-refractivity contribution is -0.137. The average molecular weight is 487 g/mol. The van der Waals surface area contributed by atoms with Crippen molar-refractivity contribution in [2.45, 2.75) is 31.4 Å². The topological polar surface area (TPSA) is 80.0 Å². The number of nitrogens with one attached hydrogen (secondary N) is 1. The first-order valence-corrected chi connectivity index (χ1v) is 10.5. The molecule has 3 N–H and O–H groups in total. The molecule has 2 aromatic heterocycles. The second kappa shape index (κ2) is 8.77. The molecule has 0 saturated carbocycles. The number of piperidine rings is 1. The van der Waals surface area contributed by atoms with Crippen LogP contribution in [0.15, 0.2) is 30.5 Å². The Balaban J connectivity index is 1.53. The Hall–Kier alpha value is -2.95. The molecule has 1 aliphatic rings. The van der Waals surface area contributed by atoms with Crippen molar-refractivity contribution in [3.8, 4) is 0 Å². The summed E-state index contributed by atoms with van der Waals surface area (Å²) in [5.74, 6) is -1.79. The van der Waals surface area contributed by atoms with E-state index in [2.05, 4.69) is 20.3 Å². The average Bonchev–Trinajstić information content (AvgIpc) is 2.72. The fourth-order valence-electron chi connectivity index (χ4n) is 3.72. The first-order valence-electron chi connectivity index (χ1n) is 10.2. The highest BCUT2D eigenvalue weighted by Gasteiger charge is 2.34. The normalized spacial score (nSPS) is 16.2. The number of anilines is 3. The summed E-state index contributed by atoms with van der Waals surface area (Å²) in [5.41, 5.74) is 5.70. The highest BCUT2D eigenvalue weighted by atomic mass is 35.5. The van der Waals surface area contributed by atoms with Crippen LogP contribution in [0.5, 0.6) is 0 Å². The second-order valence-electron chi connectivity index (χ2n) is 7.88. The molecule has 0 amide bonds. The maximum absolute atomic E-state index is 13.5. The van der Waals surface area contributed by atoms with Gasteiger partial charge in [0, 0.05) is 43.5 Å². The van der Waals surface area contributed by atoms with Crippen molar-refractivity contribution >= 4 is 39.8 Å². The minimum Gasteiger partial charge on any atom is -0.399 e. The molecule has 1 fully saturated rings. The number of aromatic nitrogens is 3. The highest BCUT2D eigenvalue weighted by Crippen LogP contribution is 2.33. The molecular formula is C21H20ClF5N6. The van der Waals surface area contributed by atoms with Gasteiger partial charge in [-0.25, -0.2) is 23.7 Å². The van der Waals surface area contributed by atoms with Crippen LogP contribution < -0.4 is 16.0 Å². The lowest BCUT2D eigenvalue weighted by atomic mass is 10.1. The highest BCUT2D eigenvalue weighted by molar-refractivity contribution is 6.28. The molecule has 12 heteroatoms. The standard InChI is InChI=1S/C21H20ClF5N6/c22-19-31-16-11-30-17(33-5-2-20(23,24)3-6-33)10-15(16)18(32-19)29-4-1-12-7-13(21(25,26)27)9-14(28)8-12/h7-11H,1-6,28H2,(H,29,31,32). The molecule has 0 bridgehead atoms. The van der Waals surface area contributed by atoms with Crippen molar-refractivity contribution < 1.29 is 22.0 Å². The predicted octanol–water partition coefficient (Wildman–Crippen LogP) is 5.17. The lowest BCUT2D eigenvalue weighted by Gasteiger charge is -2.32. The molecule has 4 rings (SSSR count). The van der Waals surface area contributed by atoms with Crippen molar-refractivity contribution in [3.63, 3.8) is 0 Å². The van der Waals surface area contributed by atoms with Gasteiger partial charge < -0.3 is 16.0 Å². The number of fused-ring (bicyclic) bond motifs is 1. The summed E-state index contributed by atoms with van der Waals surface area (Å²) in [6.45, 7) is 0.580. The molecule has 1 saturated heterocycles. The van der Waals surface area contributed by atoms with E-state index in [9.17, 15) is 22.0 Å². The maximum Gasteiger partial charge on any atom is 0.416 e. The first-order chi connectivity index (χ1) is 15.5. The number of nitrogens with zero attached hydrogens (tertiary/aromatic N) is 4. The van der Waals surface area contributed by atoms with Crippen LogP contribution in [0.25, 0.3) is 10.9 Å². The Morgan fingerprint density at radius 3 is 2.52 bits per heavy atom. The molecule has 176 valence electrons. The van der Waals surface area contributed by atoms with Crippen molar-refractivity contribution in [2.75, 3.05) is 35.6 Å². The molecule has 3 heterocycles. The van der Waals surface area contributed by atoms with Gasteiger partial charge in [-0.05, 0) is 47.9 Å². The van der Waals surface area contributed by atoms with Crippen molar-refractivity contribution in [1.82, 2.24) is 15.0 Å². The van der Waals surface area contributed by atoms with E-state index >= 15 is 0 Å². The van der Waals surface area contributed by atoms with Crippen LogP contribution in [0.3, 0.4) is 0 Å². The fourth-order valence-corrected chi connectivity index (χ4v) is 3.89. The smallest absolute Gasteiger partial charge is 0.399 e. The number of pyridine rings is 1. The van der Waals surface area contributed by atoms with Crippen molar-refractivity contribution in [2.24, 2.45) is 0 Å². The summed E-state index contributed by atoms with van der Waals surface area (Å²) in [5, 5.41) is 3.62. The molecule has 3 aromatic rings. The molecule has 6 nitrogen and oxygen atoms in total. The van der Waals surface area contributed by atoms with Crippen molar-refractivity contribution in [1.29, 1.82) is 0 Å². The number of hydrogen-bond donors (Lipinski definition) is 2. The number of benzene rings is 1. The molecule has 33 heavy (non-hydrogen) atoms. The minimum atomic E-state index is -4.49. The van der Waals surface area contributed by atoms with Crippen molar-refractivity contribution in [3.05, 3.63) is 46.9 Å². The molecule has 0 radical (unpaired) electrons. The van der Waals surface area contributed by atoms with E-state index in [-0.39, 0.29) is 49.9 Å². The van der Waals surface area contributed by atoms with Gasteiger partial charge in [0.25, 0.3) is 5.92 Å².